The summed E-state index contributed by atoms with van der Waals surface area (Å²) in [5.41, 5.74) is 0.451. The molecule has 1 heterocycles. The molecule has 0 spiro atoms. The summed E-state index contributed by atoms with van der Waals surface area (Å²) in [5.74, 6) is -3.03. The standard InChI is InChI=1S/C13H9ClN2O5S/c14-7-1-3-8(4-2-7)15-10(17)6-16-12(20)9(5-11(18)19)22-13(16)21/h1-5H,6H2,(H,15,17)(H,18,19)/p-1/b9-5-. The van der Waals surface area contributed by atoms with Crippen molar-refractivity contribution in [1.29, 1.82) is 0 Å². The molecule has 1 aliphatic heterocycles. The van der Waals surface area contributed by atoms with Crippen LogP contribution in [0.3, 0.4) is 0 Å². The minimum absolute atomic E-state index is 0.288. The molecule has 0 atom stereocenters. The molecule has 1 aliphatic rings. The van der Waals surface area contributed by atoms with Crippen molar-refractivity contribution >= 4 is 52.1 Å². The summed E-state index contributed by atoms with van der Waals surface area (Å²) in [5, 5.41) is 12.7. The summed E-state index contributed by atoms with van der Waals surface area (Å²) in [4.78, 5) is 46.1. The van der Waals surface area contributed by atoms with Crippen LogP contribution in [0.15, 0.2) is 35.2 Å². The Kier molecular flexibility index (Phi) is 4.84. The van der Waals surface area contributed by atoms with E-state index in [1.54, 1.807) is 24.3 Å². The van der Waals surface area contributed by atoms with E-state index < -0.39 is 29.6 Å². The fourth-order valence-electron chi connectivity index (χ4n) is 1.62. The van der Waals surface area contributed by atoms with Crippen molar-refractivity contribution in [3.8, 4) is 0 Å². The quantitative estimate of drug-likeness (QED) is 0.805. The Labute approximate surface area is 133 Å². The molecule has 7 nitrogen and oxygen atoms in total. The minimum atomic E-state index is -1.59. The molecule has 0 aliphatic carbocycles. The number of rotatable bonds is 4. The molecule has 1 aromatic rings. The van der Waals surface area contributed by atoms with Crippen LogP contribution in [0, 0.1) is 0 Å². The number of carbonyl (C=O) groups excluding carboxylic acids is 4. The molecule has 22 heavy (non-hydrogen) atoms. The van der Waals surface area contributed by atoms with Gasteiger partial charge in [0, 0.05) is 10.7 Å². The van der Waals surface area contributed by atoms with E-state index in [1.807, 2.05) is 0 Å². The molecule has 9 heteroatoms. The van der Waals surface area contributed by atoms with E-state index in [1.165, 1.54) is 0 Å². The molecule has 2 rings (SSSR count). The highest BCUT2D eigenvalue weighted by Gasteiger charge is 2.36. The van der Waals surface area contributed by atoms with Crippen LogP contribution < -0.4 is 10.4 Å². The molecular formula is C13H8ClN2O5S-. The SMILES string of the molecule is O=C([O-])/C=C1\SC(=O)N(CC(=O)Nc2ccc(Cl)cc2)C1=O. The molecule has 1 saturated heterocycles. The van der Waals surface area contributed by atoms with Crippen molar-refractivity contribution in [3.63, 3.8) is 0 Å². The van der Waals surface area contributed by atoms with Gasteiger partial charge in [0.2, 0.25) is 5.91 Å². The summed E-state index contributed by atoms with van der Waals surface area (Å²) in [6, 6.07) is 6.26. The van der Waals surface area contributed by atoms with Gasteiger partial charge in [0.25, 0.3) is 11.1 Å². The predicted octanol–water partition coefficient (Wildman–Crippen LogP) is 0.608. The van der Waals surface area contributed by atoms with Crippen molar-refractivity contribution in [3.05, 3.63) is 40.3 Å². The third-order valence-electron chi connectivity index (χ3n) is 2.55. The average molecular weight is 340 g/mol. The topological polar surface area (TPSA) is 107 Å². The Balaban J connectivity index is 2.02. The molecule has 0 radical (unpaired) electrons. The van der Waals surface area contributed by atoms with Crippen LogP contribution in [0.2, 0.25) is 5.02 Å². The van der Waals surface area contributed by atoms with E-state index in [9.17, 15) is 24.3 Å². The second kappa shape index (κ2) is 6.63. The van der Waals surface area contributed by atoms with Crippen molar-refractivity contribution < 1.29 is 24.3 Å². The number of imide groups is 1. The van der Waals surface area contributed by atoms with Crippen LogP contribution >= 0.6 is 23.4 Å². The van der Waals surface area contributed by atoms with Gasteiger partial charge in [-0.2, -0.15) is 0 Å². The normalized spacial score (nSPS) is 16.2. The van der Waals surface area contributed by atoms with Gasteiger partial charge in [-0.1, -0.05) is 11.6 Å². The zero-order valence-corrected chi connectivity index (χ0v) is 12.4. The lowest BCUT2D eigenvalue weighted by atomic mass is 10.3. The predicted molar refractivity (Wildman–Crippen MR) is 77.9 cm³/mol. The maximum atomic E-state index is 11.8. The highest BCUT2D eigenvalue weighted by Crippen LogP contribution is 2.30. The maximum absolute atomic E-state index is 11.8. The number of amides is 3. The Morgan fingerprint density at radius 2 is 1.91 bits per heavy atom. The van der Waals surface area contributed by atoms with Crippen molar-refractivity contribution in [2.24, 2.45) is 0 Å². The summed E-state index contributed by atoms with van der Waals surface area (Å²) in [6.07, 6.45) is 0.530. The van der Waals surface area contributed by atoms with Gasteiger partial charge in [0.15, 0.2) is 0 Å². The Morgan fingerprint density at radius 1 is 1.27 bits per heavy atom. The fourth-order valence-corrected chi connectivity index (χ4v) is 2.55. The van der Waals surface area contributed by atoms with Gasteiger partial charge in [-0.3, -0.25) is 19.3 Å². The van der Waals surface area contributed by atoms with Gasteiger partial charge in [-0.15, -0.1) is 0 Å². The molecule has 0 bridgehead atoms. The first kappa shape index (κ1) is 16.1. The van der Waals surface area contributed by atoms with Gasteiger partial charge in [0.05, 0.1) is 10.9 Å². The van der Waals surface area contributed by atoms with E-state index >= 15 is 0 Å². The number of halogens is 1. The second-order valence-corrected chi connectivity index (χ2v) is 5.57. The second-order valence-electron chi connectivity index (χ2n) is 4.14. The Bertz CT molecular complexity index is 686. The molecule has 0 aromatic heterocycles. The molecule has 0 saturated carbocycles. The highest BCUT2D eigenvalue weighted by molar-refractivity contribution is 8.18. The van der Waals surface area contributed by atoms with Crippen molar-refractivity contribution in [2.45, 2.75) is 0 Å². The number of nitrogens with zero attached hydrogens (tertiary/aromatic N) is 1. The van der Waals surface area contributed by atoms with E-state index in [0.717, 1.165) is 0 Å². The summed E-state index contributed by atoms with van der Waals surface area (Å²) in [7, 11) is 0. The highest BCUT2D eigenvalue weighted by atomic mass is 35.5. The number of hydrogen-bond donors (Lipinski definition) is 1. The number of carbonyl (C=O) groups is 4. The number of carboxylic acids is 1. The van der Waals surface area contributed by atoms with Gasteiger partial charge in [0.1, 0.15) is 6.54 Å². The number of thioether (sulfide) groups is 1. The molecule has 1 aromatic carbocycles. The number of hydrogen-bond acceptors (Lipinski definition) is 6. The lowest BCUT2D eigenvalue weighted by Gasteiger charge is -2.12. The van der Waals surface area contributed by atoms with Crippen molar-refractivity contribution in [2.75, 3.05) is 11.9 Å². The smallest absolute Gasteiger partial charge is 0.294 e. The lowest BCUT2D eigenvalue weighted by molar-refractivity contribution is -0.297. The molecule has 3 amide bonds. The Morgan fingerprint density at radius 3 is 2.50 bits per heavy atom. The first-order chi connectivity index (χ1) is 10.4. The number of nitrogens with one attached hydrogen (secondary N) is 1. The maximum Gasteiger partial charge on any atom is 0.294 e. The van der Waals surface area contributed by atoms with E-state index in [0.29, 0.717) is 33.4 Å². The van der Waals surface area contributed by atoms with Crippen molar-refractivity contribution in [1.82, 2.24) is 4.90 Å². The van der Waals surface area contributed by atoms with Gasteiger partial charge in [-0.25, -0.2) is 0 Å². The monoisotopic (exact) mass is 339 g/mol. The van der Waals surface area contributed by atoms with Gasteiger partial charge in [-0.05, 0) is 42.1 Å². The number of benzene rings is 1. The molecule has 1 fully saturated rings. The van der Waals surface area contributed by atoms with Crippen LogP contribution in [0.5, 0.6) is 0 Å². The zero-order chi connectivity index (χ0) is 16.3. The minimum Gasteiger partial charge on any atom is -0.545 e. The average Bonchev–Trinajstić information content (AvgIpc) is 2.68. The molecular weight excluding hydrogens is 332 g/mol. The summed E-state index contributed by atoms with van der Waals surface area (Å²) >= 11 is 6.15. The van der Waals surface area contributed by atoms with Crippen LogP contribution in [-0.4, -0.2) is 34.5 Å². The van der Waals surface area contributed by atoms with Crippen LogP contribution in [0.25, 0.3) is 0 Å². The summed E-state index contributed by atoms with van der Waals surface area (Å²) < 4.78 is 0. The zero-order valence-electron chi connectivity index (χ0n) is 10.9. The first-order valence-corrected chi connectivity index (χ1v) is 7.08. The third-order valence-corrected chi connectivity index (χ3v) is 3.71. The number of carboxylic acid groups (broad SMARTS) is 1. The molecule has 114 valence electrons. The summed E-state index contributed by atoms with van der Waals surface area (Å²) in [6.45, 7) is -0.516. The van der Waals surface area contributed by atoms with Gasteiger partial charge < -0.3 is 15.2 Å². The van der Waals surface area contributed by atoms with Crippen LogP contribution in [-0.2, 0) is 14.4 Å². The number of anilines is 1. The van der Waals surface area contributed by atoms with E-state index in [2.05, 4.69) is 5.32 Å². The van der Waals surface area contributed by atoms with Gasteiger partial charge >= 0.3 is 0 Å². The van der Waals surface area contributed by atoms with E-state index in [-0.39, 0.29) is 4.91 Å². The largest absolute Gasteiger partial charge is 0.545 e. The van der Waals surface area contributed by atoms with Crippen LogP contribution in [0.1, 0.15) is 0 Å². The van der Waals surface area contributed by atoms with E-state index in [4.69, 9.17) is 11.6 Å². The molecule has 1 N–H and O–H groups in total. The fraction of sp³-hybridized carbons (Fsp3) is 0.0769. The first-order valence-electron chi connectivity index (χ1n) is 5.88. The molecule has 0 unspecified atom stereocenters. The lowest BCUT2D eigenvalue weighted by Crippen LogP contribution is -2.36. The third kappa shape index (κ3) is 3.86. The van der Waals surface area contributed by atoms with Crippen LogP contribution in [0.4, 0.5) is 10.5 Å². The number of aliphatic carboxylic acids is 1. The Hall–Kier alpha value is -2.32.